The number of fused-ring (bicyclic) bond motifs is 1. The molecule has 1 aliphatic heterocycles. The predicted octanol–water partition coefficient (Wildman–Crippen LogP) is 4.63. The van der Waals surface area contributed by atoms with Crippen LogP contribution in [0.25, 0.3) is 0 Å². The molecule has 1 saturated heterocycles. The normalized spacial score (nSPS) is 57.0. The number of aliphatic hydroxyl groups excluding tert-OH is 1. The Hall–Kier alpha value is -0.600. The van der Waals surface area contributed by atoms with Crippen molar-refractivity contribution in [2.75, 3.05) is 0 Å². The molecule has 2 nitrogen and oxygen atoms in total. The van der Waals surface area contributed by atoms with Crippen molar-refractivity contribution in [2.45, 2.75) is 83.5 Å². The van der Waals surface area contributed by atoms with E-state index >= 15 is 0 Å². The summed E-state index contributed by atoms with van der Waals surface area (Å²) in [6, 6.07) is 0. The number of hydrogen-bond donors (Lipinski definition) is 1. The summed E-state index contributed by atoms with van der Waals surface area (Å²) >= 11 is 0. The highest BCUT2D eigenvalue weighted by molar-refractivity contribution is 5.40. The summed E-state index contributed by atoms with van der Waals surface area (Å²) in [5.74, 6) is 0.520. The molecular weight excluding hydrogens is 284 g/mol. The molecule has 0 radical (unpaired) electrons. The molecule has 0 bridgehead atoms. The van der Waals surface area contributed by atoms with Gasteiger partial charge in [0.25, 0.3) is 0 Å². The lowest BCUT2D eigenvalue weighted by Crippen LogP contribution is -2.64. The molecule has 6 atom stereocenters. The van der Waals surface area contributed by atoms with Crippen LogP contribution in [0.5, 0.6) is 0 Å². The average molecular weight is 316 g/mol. The average Bonchev–Trinajstić information content (AvgIpc) is 3.19. The highest BCUT2D eigenvalue weighted by Crippen LogP contribution is 2.80. The quantitative estimate of drug-likeness (QED) is 0.565. The molecule has 4 aliphatic rings. The SMILES string of the molecule is C=CC1(C)CC(O)C2(C)C(CCC34OC23CCC(=C)C4(C)C)C1. The van der Waals surface area contributed by atoms with Gasteiger partial charge in [-0.15, -0.1) is 6.58 Å². The van der Waals surface area contributed by atoms with Crippen LogP contribution in [0.15, 0.2) is 24.8 Å². The standard InChI is InChI=1S/C21H32O2/c1-7-18(5)12-15-9-11-20-17(3,4)14(2)8-10-21(20,23-20)19(15,6)16(22)13-18/h7,15-16,22H,1-2,8-13H2,3-6H3. The van der Waals surface area contributed by atoms with Crippen molar-refractivity contribution in [1.82, 2.24) is 0 Å². The molecule has 4 rings (SSSR count). The van der Waals surface area contributed by atoms with Gasteiger partial charge in [-0.2, -0.15) is 0 Å². The van der Waals surface area contributed by atoms with Gasteiger partial charge in [0.15, 0.2) is 0 Å². The third-order valence-electron chi connectivity index (χ3n) is 8.75. The molecule has 3 saturated carbocycles. The van der Waals surface area contributed by atoms with Crippen molar-refractivity contribution >= 4 is 0 Å². The monoisotopic (exact) mass is 316 g/mol. The van der Waals surface area contributed by atoms with Crippen molar-refractivity contribution in [1.29, 1.82) is 0 Å². The fraction of sp³-hybridized carbons (Fsp3) is 0.810. The zero-order valence-corrected chi connectivity index (χ0v) is 15.2. The van der Waals surface area contributed by atoms with Gasteiger partial charge in [-0.3, -0.25) is 0 Å². The van der Waals surface area contributed by atoms with Gasteiger partial charge in [-0.1, -0.05) is 45.9 Å². The lowest BCUT2D eigenvalue weighted by molar-refractivity contribution is -0.136. The minimum absolute atomic E-state index is 0.0120. The Morgan fingerprint density at radius 3 is 2.48 bits per heavy atom. The molecule has 1 N–H and O–H groups in total. The van der Waals surface area contributed by atoms with E-state index in [0.29, 0.717) is 5.92 Å². The van der Waals surface area contributed by atoms with Crippen molar-refractivity contribution < 1.29 is 9.84 Å². The summed E-state index contributed by atoms with van der Waals surface area (Å²) in [5.41, 5.74) is 1.03. The van der Waals surface area contributed by atoms with E-state index in [1.807, 2.05) is 0 Å². The van der Waals surface area contributed by atoms with E-state index < -0.39 is 0 Å². The number of allylic oxidation sites excluding steroid dienone is 1. The maximum atomic E-state index is 11.2. The third-order valence-corrected chi connectivity index (χ3v) is 8.75. The zero-order valence-electron chi connectivity index (χ0n) is 15.2. The van der Waals surface area contributed by atoms with Gasteiger partial charge in [0.2, 0.25) is 0 Å². The molecule has 0 amide bonds. The van der Waals surface area contributed by atoms with Gasteiger partial charge in [0.05, 0.1) is 6.10 Å². The minimum Gasteiger partial charge on any atom is -0.392 e. The Labute approximate surface area is 141 Å². The lowest BCUT2D eigenvalue weighted by Gasteiger charge is -2.60. The molecule has 6 unspecified atom stereocenters. The van der Waals surface area contributed by atoms with Crippen LogP contribution in [-0.2, 0) is 4.74 Å². The first kappa shape index (κ1) is 15.9. The van der Waals surface area contributed by atoms with Gasteiger partial charge in [-0.05, 0) is 49.9 Å². The first-order valence-corrected chi connectivity index (χ1v) is 9.29. The second kappa shape index (κ2) is 4.14. The largest absolute Gasteiger partial charge is 0.392 e. The smallest absolute Gasteiger partial charge is 0.107 e. The predicted molar refractivity (Wildman–Crippen MR) is 93.1 cm³/mol. The summed E-state index contributed by atoms with van der Waals surface area (Å²) in [7, 11) is 0. The maximum Gasteiger partial charge on any atom is 0.107 e. The topological polar surface area (TPSA) is 32.8 Å². The summed E-state index contributed by atoms with van der Waals surface area (Å²) < 4.78 is 6.70. The Morgan fingerprint density at radius 2 is 1.83 bits per heavy atom. The Morgan fingerprint density at radius 1 is 1.13 bits per heavy atom. The van der Waals surface area contributed by atoms with Crippen LogP contribution in [0.1, 0.15) is 66.2 Å². The third kappa shape index (κ3) is 1.49. The maximum absolute atomic E-state index is 11.2. The summed E-state index contributed by atoms with van der Waals surface area (Å²) in [6.07, 6.45) is 8.02. The van der Waals surface area contributed by atoms with Crippen LogP contribution < -0.4 is 0 Å². The summed E-state index contributed by atoms with van der Waals surface area (Å²) in [4.78, 5) is 0. The minimum atomic E-state index is -0.311. The van der Waals surface area contributed by atoms with Crippen molar-refractivity contribution in [3.8, 4) is 0 Å². The van der Waals surface area contributed by atoms with E-state index in [1.54, 1.807) is 0 Å². The van der Waals surface area contributed by atoms with Gasteiger partial charge >= 0.3 is 0 Å². The van der Waals surface area contributed by atoms with Crippen LogP contribution in [0.2, 0.25) is 0 Å². The van der Waals surface area contributed by atoms with Crippen molar-refractivity contribution in [3.63, 3.8) is 0 Å². The molecule has 0 aromatic carbocycles. The van der Waals surface area contributed by atoms with E-state index in [1.165, 1.54) is 5.57 Å². The van der Waals surface area contributed by atoms with E-state index in [2.05, 4.69) is 46.9 Å². The van der Waals surface area contributed by atoms with Gasteiger partial charge in [0, 0.05) is 10.8 Å². The first-order chi connectivity index (χ1) is 10.6. The van der Waals surface area contributed by atoms with Crippen LogP contribution in [-0.4, -0.2) is 22.4 Å². The highest BCUT2D eigenvalue weighted by atomic mass is 16.6. The van der Waals surface area contributed by atoms with Gasteiger partial charge in [-0.25, -0.2) is 0 Å². The zero-order chi connectivity index (χ0) is 16.9. The molecule has 23 heavy (non-hydrogen) atoms. The van der Waals surface area contributed by atoms with E-state index in [-0.39, 0.29) is 33.6 Å². The van der Waals surface area contributed by atoms with Crippen LogP contribution in [0, 0.1) is 22.2 Å². The van der Waals surface area contributed by atoms with E-state index in [0.717, 1.165) is 38.5 Å². The molecule has 128 valence electrons. The summed E-state index contributed by atoms with van der Waals surface area (Å²) in [5, 5.41) is 11.2. The van der Waals surface area contributed by atoms with Crippen molar-refractivity contribution in [2.24, 2.45) is 22.2 Å². The van der Waals surface area contributed by atoms with Gasteiger partial charge < -0.3 is 9.84 Å². The highest BCUT2D eigenvalue weighted by Gasteiger charge is 2.86. The summed E-state index contributed by atoms with van der Waals surface area (Å²) in [6.45, 7) is 17.6. The molecular formula is C21H32O2. The molecule has 0 aromatic heterocycles. The number of aliphatic hydroxyl groups is 1. The molecule has 0 aromatic rings. The Bertz CT molecular complexity index is 593. The second-order valence-corrected chi connectivity index (χ2v) is 9.79. The van der Waals surface area contributed by atoms with Crippen LogP contribution in [0.3, 0.4) is 0 Å². The lowest BCUT2D eigenvalue weighted by atomic mass is 9.42. The molecule has 4 fully saturated rings. The first-order valence-electron chi connectivity index (χ1n) is 9.29. The van der Waals surface area contributed by atoms with Crippen LogP contribution >= 0.6 is 0 Å². The number of rotatable bonds is 1. The van der Waals surface area contributed by atoms with Crippen LogP contribution in [0.4, 0.5) is 0 Å². The number of hydrogen-bond acceptors (Lipinski definition) is 2. The molecule has 1 heterocycles. The fourth-order valence-electron chi connectivity index (χ4n) is 6.79. The molecule has 3 aliphatic carbocycles. The number of ether oxygens (including phenoxy) is 1. The molecule has 2 heteroatoms. The fourth-order valence-corrected chi connectivity index (χ4v) is 6.79. The second-order valence-electron chi connectivity index (χ2n) is 9.79. The van der Waals surface area contributed by atoms with Crippen molar-refractivity contribution in [3.05, 3.63) is 24.8 Å². The van der Waals surface area contributed by atoms with Gasteiger partial charge in [0.1, 0.15) is 11.2 Å². The van der Waals surface area contributed by atoms with E-state index in [4.69, 9.17) is 4.74 Å². The Kier molecular flexibility index (Phi) is 2.86. The Balaban J connectivity index is 1.79. The number of epoxide rings is 1. The van der Waals surface area contributed by atoms with E-state index in [9.17, 15) is 5.11 Å². The molecule has 0 spiro atoms.